The van der Waals surface area contributed by atoms with E-state index >= 15 is 0 Å². The Morgan fingerprint density at radius 1 is 0.263 bits per heavy atom. The van der Waals surface area contributed by atoms with E-state index in [4.69, 9.17) is 5.48 Å². The van der Waals surface area contributed by atoms with Crippen LogP contribution in [0.3, 0.4) is 0 Å². The fraction of sp³-hybridized carbons (Fsp3) is 0. The Hall–Kier alpha value is -13.3. The minimum atomic E-state index is -1.10. The molecule has 6 heterocycles. The molecule has 0 fully saturated rings. The summed E-state index contributed by atoms with van der Waals surface area (Å²) in [6.45, 7) is -1.10. The number of fused-ring (bicyclic) bond motifs is 16. The van der Waals surface area contributed by atoms with Gasteiger partial charge in [0.25, 0.3) is 6.71 Å². The largest absolute Gasteiger partial charge is 0.311 e. The molecule has 0 saturated carbocycles. The molecule has 0 radical (unpaired) electrons. The second-order valence-corrected chi connectivity index (χ2v) is 24.5. The number of aromatic nitrogens is 4. The van der Waals surface area contributed by atoms with E-state index in [1.807, 2.05) is 143 Å². The molecule has 0 aliphatic carbocycles. The minimum absolute atomic E-state index is 0.00453. The summed E-state index contributed by atoms with van der Waals surface area (Å²) in [7, 11) is 0. The number of rotatable bonds is 8. The molecule has 0 unspecified atom stereocenters. The smallest absolute Gasteiger partial charge is 0.252 e. The van der Waals surface area contributed by atoms with Crippen molar-refractivity contribution in [2.75, 3.05) is 9.80 Å². The van der Waals surface area contributed by atoms with Gasteiger partial charge >= 0.3 is 0 Å². The molecule has 0 amide bonds. The number of hydrogen-bond acceptors (Lipinski definition) is 3. The lowest BCUT2D eigenvalue weighted by molar-refractivity contribution is 1.14. The molecule has 0 saturated heterocycles. The lowest BCUT2D eigenvalue weighted by Crippen LogP contribution is -2.61. The van der Waals surface area contributed by atoms with Crippen molar-refractivity contribution in [3.05, 3.63) is 345 Å². The van der Waals surface area contributed by atoms with E-state index in [1.54, 1.807) is 60.7 Å². The lowest BCUT2D eigenvalue weighted by atomic mass is 9.33. The molecule has 15 aromatic carbocycles. The molecule has 458 valence electrons. The van der Waals surface area contributed by atoms with Crippen molar-refractivity contribution in [1.29, 1.82) is 5.26 Å². The molecular weight excluding hydrogens is 1200 g/mol. The van der Waals surface area contributed by atoms with Gasteiger partial charge in [-0.05, 0) is 160 Å². The summed E-state index contributed by atoms with van der Waals surface area (Å²) in [4.78, 5) is 3.75. The molecule has 19 aromatic rings. The Morgan fingerprint density at radius 3 is 1.04 bits per heavy atom. The second-order valence-electron chi connectivity index (χ2n) is 24.5. The number of nitrogens with zero attached hydrogens (tertiary/aromatic N) is 7. The molecule has 0 spiro atoms. The van der Waals surface area contributed by atoms with Gasteiger partial charge < -0.3 is 28.1 Å². The van der Waals surface area contributed by atoms with Gasteiger partial charge in [0.1, 0.15) is 6.07 Å². The van der Waals surface area contributed by atoms with Crippen LogP contribution in [0.5, 0.6) is 0 Å². The summed E-state index contributed by atoms with van der Waals surface area (Å²) in [6.07, 6.45) is 0. The molecule has 2 aliphatic heterocycles. The van der Waals surface area contributed by atoms with Gasteiger partial charge in [0.15, 0.2) is 0 Å². The second kappa shape index (κ2) is 21.3. The van der Waals surface area contributed by atoms with Gasteiger partial charge in [-0.3, -0.25) is 0 Å². The SMILES string of the molecule is [2H]c1c([2H])c([2H])c2c(c1[2H])c1c([2H])c([2H])c([2H])c([2H])c1n2-c1ccc2c(c1)N(c1cc(-c3ccccc3)cc(-c3ccccc3)c1)c1cc(-n3c4c([2H])c([2H])c([2H])c([2H])c4c4c([2H])c([2H])c([2H])c([2H])c43)cc3c1B2c1ccc(-n2c4c([2H])c([2H])c([2H])c([2H])c4c4c([2H])c([2H])c([2H])c([2H])c42)cc1N3c1cc(-n2c3ccccc3c3ccccc32)ccc1C#N. The lowest BCUT2D eigenvalue weighted by Gasteiger charge is -2.45. The van der Waals surface area contributed by atoms with Crippen LogP contribution < -0.4 is 26.2 Å². The highest BCUT2D eigenvalue weighted by Crippen LogP contribution is 2.50. The average molecular weight is 1280 g/mol. The summed E-state index contributed by atoms with van der Waals surface area (Å²) in [5.74, 6) is 0. The van der Waals surface area contributed by atoms with E-state index < -0.39 is 152 Å². The standard InChI is InChI=1S/C91H56BN7/c93-57-60-43-44-63(94-78-35-15-7-27-68(78)69-28-8-16-36-79(69)94)52-86(60)99-88-54-65(96-82-39-19-11-31-72(82)73-32-12-20-40-83(73)96)46-48-77(88)92-76-47-45-64(95-80-37-17-9-29-70(80)71-30-10-18-38-81(71)95)53-87(76)98(66-50-61(58-23-3-1-4-24-58)49-62(51-66)59-25-5-2-6-26-59)89-55-67(56-90(99)91(89)92)97-84-41-21-13-33-74(84)75-34-14-22-42-85(75)97/h1-56H/i9D,10D,11D,12D,13D,14D,17D,18D,19D,20D,21D,22D,29D,30D,31D,32D,33D,34D,37D,38D,39D,40D,41D,42D. The van der Waals surface area contributed by atoms with E-state index in [2.05, 4.69) is 10.6 Å². The van der Waals surface area contributed by atoms with Gasteiger partial charge in [-0.2, -0.15) is 5.26 Å². The van der Waals surface area contributed by atoms with Crippen molar-refractivity contribution in [3.8, 4) is 51.1 Å². The fourth-order valence-corrected chi connectivity index (χ4v) is 15.4. The Morgan fingerprint density at radius 2 is 0.606 bits per heavy atom. The summed E-state index contributed by atoms with van der Waals surface area (Å²) in [5.41, 5.74) is 6.73. The summed E-state index contributed by atoms with van der Waals surface area (Å²) < 4.78 is 234. The molecule has 7 nitrogen and oxygen atoms in total. The van der Waals surface area contributed by atoms with Crippen molar-refractivity contribution in [3.63, 3.8) is 0 Å². The normalized spacial score (nSPS) is 16.0. The average Bonchev–Trinajstić information content (AvgIpc) is 1.68. The van der Waals surface area contributed by atoms with Gasteiger partial charge in [0.05, 0.1) is 94.0 Å². The number of hydrogen-bond donors (Lipinski definition) is 0. The van der Waals surface area contributed by atoms with E-state index in [-0.39, 0.29) is 111 Å². The number of anilines is 6. The van der Waals surface area contributed by atoms with Gasteiger partial charge in [0, 0.05) is 88.6 Å². The Kier molecular flexibility index (Phi) is 7.87. The third-order valence-corrected chi connectivity index (χ3v) is 19.5. The van der Waals surface area contributed by atoms with Crippen LogP contribution in [0, 0.1) is 11.3 Å². The molecule has 0 atom stereocenters. The molecule has 4 aromatic heterocycles. The van der Waals surface area contributed by atoms with Gasteiger partial charge in [0.2, 0.25) is 0 Å². The zero-order valence-electron chi connectivity index (χ0n) is 75.7. The van der Waals surface area contributed by atoms with Crippen molar-refractivity contribution < 1.29 is 32.9 Å². The van der Waals surface area contributed by atoms with Crippen LogP contribution in [0.25, 0.3) is 132 Å². The monoisotopic (exact) mass is 1280 g/mol. The highest BCUT2D eigenvalue weighted by molar-refractivity contribution is 7.00. The Bertz CT molecular complexity index is 7840. The highest BCUT2D eigenvalue weighted by Gasteiger charge is 2.45. The van der Waals surface area contributed by atoms with E-state index in [9.17, 15) is 32.7 Å². The predicted octanol–water partition coefficient (Wildman–Crippen LogP) is 21.4. The maximum atomic E-state index is 12.1. The number of nitriles is 1. The van der Waals surface area contributed by atoms with Crippen molar-refractivity contribution in [1.82, 2.24) is 18.3 Å². The first-order valence-electron chi connectivity index (χ1n) is 43.9. The van der Waals surface area contributed by atoms with Crippen LogP contribution in [0.1, 0.15) is 38.5 Å². The molecule has 99 heavy (non-hydrogen) atoms. The van der Waals surface area contributed by atoms with E-state index in [1.165, 1.54) is 13.7 Å². The van der Waals surface area contributed by atoms with E-state index in [0.717, 1.165) is 32.9 Å². The molecule has 8 heteroatoms. The zero-order valence-corrected chi connectivity index (χ0v) is 51.7. The van der Waals surface area contributed by atoms with Crippen LogP contribution in [0.4, 0.5) is 34.1 Å². The summed E-state index contributed by atoms with van der Waals surface area (Å²) in [5, 5.41) is 12.5. The predicted molar refractivity (Wildman–Crippen MR) is 413 cm³/mol. The van der Waals surface area contributed by atoms with Crippen molar-refractivity contribution in [2.45, 2.75) is 0 Å². The molecule has 21 rings (SSSR count). The Labute approximate surface area is 604 Å². The van der Waals surface area contributed by atoms with Crippen LogP contribution in [-0.4, -0.2) is 25.0 Å². The van der Waals surface area contributed by atoms with Gasteiger partial charge in [-0.1, -0.05) is 218 Å². The minimum Gasteiger partial charge on any atom is -0.311 e. The first-order chi connectivity index (χ1) is 59.1. The molecule has 2 aliphatic rings. The quantitative estimate of drug-likeness (QED) is 0.142. The summed E-state index contributed by atoms with van der Waals surface area (Å²) >= 11 is 0. The van der Waals surface area contributed by atoms with Crippen LogP contribution in [0.2, 0.25) is 0 Å². The number of para-hydroxylation sites is 8. The van der Waals surface area contributed by atoms with Gasteiger partial charge in [-0.15, -0.1) is 0 Å². The van der Waals surface area contributed by atoms with Crippen LogP contribution in [-0.2, 0) is 0 Å². The Balaban J connectivity index is 0.991. The summed E-state index contributed by atoms with van der Waals surface area (Å²) in [6, 6.07) is 46.7. The third-order valence-electron chi connectivity index (χ3n) is 19.5. The van der Waals surface area contributed by atoms with Crippen molar-refractivity contribution >= 4 is 144 Å². The van der Waals surface area contributed by atoms with Crippen LogP contribution in [0.15, 0.2) is 339 Å². The van der Waals surface area contributed by atoms with Crippen LogP contribution >= 0.6 is 0 Å². The van der Waals surface area contributed by atoms with E-state index in [0.29, 0.717) is 44.6 Å². The zero-order chi connectivity index (χ0) is 85.9. The third kappa shape index (κ3) is 8.07. The van der Waals surface area contributed by atoms with Gasteiger partial charge in [-0.25, -0.2) is 0 Å². The molecular formula is C91H56BN7. The topological polar surface area (TPSA) is 50.0 Å². The maximum absolute atomic E-state index is 12.1. The molecule has 0 N–H and O–H groups in total. The maximum Gasteiger partial charge on any atom is 0.252 e. The first kappa shape index (κ1) is 36.5. The highest BCUT2D eigenvalue weighted by atomic mass is 15.2. The first-order valence-corrected chi connectivity index (χ1v) is 31.9. The van der Waals surface area contributed by atoms with Crippen molar-refractivity contribution in [2.24, 2.45) is 0 Å². The number of benzene rings is 15. The fourth-order valence-electron chi connectivity index (χ4n) is 15.4. The molecule has 0 bridgehead atoms.